The predicted molar refractivity (Wildman–Crippen MR) is 74.3 cm³/mol. The lowest BCUT2D eigenvalue weighted by Crippen LogP contribution is -2.37. The minimum Gasteiger partial charge on any atom is -0.301 e. The first kappa shape index (κ1) is 13.1. The number of hydrogen-bond donors (Lipinski definition) is 1. The van der Waals surface area contributed by atoms with Crippen LogP contribution in [0.3, 0.4) is 0 Å². The molecule has 1 aliphatic heterocycles. The Labute approximate surface area is 114 Å². The van der Waals surface area contributed by atoms with E-state index in [1.54, 1.807) is 24.3 Å². The molecule has 4 nitrogen and oxygen atoms in total. The highest BCUT2D eigenvalue weighted by atomic mass is 32.2. The maximum absolute atomic E-state index is 12.2. The second-order valence-corrected chi connectivity index (χ2v) is 7.34. The van der Waals surface area contributed by atoms with Gasteiger partial charge in [0, 0.05) is 19.1 Å². The summed E-state index contributed by atoms with van der Waals surface area (Å²) in [5, 5.41) is 0. The van der Waals surface area contributed by atoms with Crippen molar-refractivity contribution < 1.29 is 8.42 Å². The predicted octanol–water partition coefficient (Wildman–Crippen LogP) is 1.45. The number of likely N-dealkylation sites (tertiary alicyclic amines) is 1. The molecule has 1 aromatic rings. The molecule has 2 fully saturated rings. The lowest BCUT2D eigenvalue weighted by atomic mass is 10.3. The van der Waals surface area contributed by atoms with Gasteiger partial charge in [0.15, 0.2) is 0 Å². The van der Waals surface area contributed by atoms with Crippen LogP contribution in [0, 0.1) is 5.92 Å². The molecule has 1 N–H and O–H groups in total. The van der Waals surface area contributed by atoms with E-state index in [0.717, 1.165) is 32.0 Å². The Balaban J connectivity index is 1.59. The molecule has 0 aromatic heterocycles. The standard InChI is InChI=1S/C14H20N2O2S/c17-19(18,14-4-2-1-3-5-14)15-13-8-9-16(11-13)10-12-6-7-12/h1-5,12-13,15H,6-11H2/t13-/m0/s1. The molecule has 1 aliphatic carbocycles. The average Bonchev–Trinajstić information content (AvgIpc) is 3.10. The summed E-state index contributed by atoms with van der Waals surface area (Å²) in [4.78, 5) is 2.74. The van der Waals surface area contributed by atoms with Gasteiger partial charge in [0.05, 0.1) is 4.90 Å². The number of nitrogens with zero attached hydrogens (tertiary/aromatic N) is 1. The number of nitrogens with one attached hydrogen (secondary N) is 1. The number of rotatable bonds is 5. The van der Waals surface area contributed by atoms with Gasteiger partial charge >= 0.3 is 0 Å². The molecule has 1 heterocycles. The minimum absolute atomic E-state index is 0.0592. The molecule has 2 aliphatic rings. The topological polar surface area (TPSA) is 49.4 Å². The zero-order valence-corrected chi connectivity index (χ0v) is 11.8. The fourth-order valence-corrected chi connectivity index (χ4v) is 3.93. The van der Waals surface area contributed by atoms with Gasteiger partial charge in [-0.25, -0.2) is 13.1 Å². The molecule has 5 heteroatoms. The third-order valence-corrected chi connectivity index (χ3v) is 5.40. The number of hydrogen-bond acceptors (Lipinski definition) is 3. The third-order valence-electron chi connectivity index (χ3n) is 3.86. The molecule has 1 atom stereocenters. The lowest BCUT2D eigenvalue weighted by Gasteiger charge is -2.16. The number of sulfonamides is 1. The minimum atomic E-state index is -3.36. The Morgan fingerprint density at radius 2 is 1.89 bits per heavy atom. The third kappa shape index (κ3) is 3.35. The maximum atomic E-state index is 12.2. The fraction of sp³-hybridized carbons (Fsp3) is 0.571. The van der Waals surface area contributed by atoms with Gasteiger partial charge in [0.2, 0.25) is 10.0 Å². The Bertz CT molecular complexity index is 526. The van der Waals surface area contributed by atoms with E-state index in [0.29, 0.717) is 4.90 Å². The second kappa shape index (κ2) is 5.23. The molecule has 0 radical (unpaired) electrons. The van der Waals surface area contributed by atoms with Crippen LogP contribution in [-0.4, -0.2) is 39.0 Å². The molecular weight excluding hydrogens is 260 g/mol. The molecule has 0 amide bonds. The van der Waals surface area contributed by atoms with Crippen LogP contribution in [0.5, 0.6) is 0 Å². The van der Waals surface area contributed by atoms with Gasteiger partial charge in [-0.15, -0.1) is 0 Å². The van der Waals surface area contributed by atoms with Gasteiger partial charge in [-0.2, -0.15) is 0 Å². The van der Waals surface area contributed by atoms with Crippen LogP contribution in [0.2, 0.25) is 0 Å². The van der Waals surface area contributed by atoms with Crippen molar-refractivity contribution in [2.45, 2.75) is 30.2 Å². The second-order valence-electron chi connectivity index (χ2n) is 5.62. The van der Waals surface area contributed by atoms with E-state index in [4.69, 9.17) is 0 Å². The van der Waals surface area contributed by atoms with Crippen molar-refractivity contribution in [3.8, 4) is 0 Å². The Morgan fingerprint density at radius 1 is 1.16 bits per heavy atom. The van der Waals surface area contributed by atoms with Crippen LogP contribution in [0.1, 0.15) is 19.3 Å². The maximum Gasteiger partial charge on any atom is 0.240 e. The van der Waals surface area contributed by atoms with Gasteiger partial charge < -0.3 is 4.90 Å². The Kier molecular flexibility index (Phi) is 3.60. The first-order valence-electron chi connectivity index (χ1n) is 6.93. The molecule has 1 saturated carbocycles. The summed E-state index contributed by atoms with van der Waals surface area (Å²) in [7, 11) is -3.36. The van der Waals surface area contributed by atoms with Crippen LogP contribution in [0.15, 0.2) is 35.2 Å². The zero-order valence-electron chi connectivity index (χ0n) is 11.0. The highest BCUT2D eigenvalue weighted by molar-refractivity contribution is 7.89. The van der Waals surface area contributed by atoms with Crippen molar-refractivity contribution in [3.63, 3.8) is 0 Å². The van der Waals surface area contributed by atoms with Crippen molar-refractivity contribution >= 4 is 10.0 Å². The van der Waals surface area contributed by atoms with E-state index in [-0.39, 0.29) is 6.04 Å². The highest BCUT2D eigenvalue weighted by Crippen LogP contribution is 2.30. The average molecular weight is 280 g/mol. The van der Waals surface area contributed by atoms with E-state index in [2.05, 4.69) is 9.62 Å². The van der Waals surface area contributed by atoms with E-state index in [9.17, 15) is 8.42 Å². The Hall–Kier alpha value is -0.910. The van der Waals surface area contributed by atoms with Crippen LogP contribution >= 0.6 is 0 Å². The zero-order chi connectivity index (χ0) is 13.3. The van der Waals surface area contributed by atoms with Gasteiger partial charge in [-0.3, -0.25) is 0 Å². The van der Waals surface area contributed by atoms with Crippen LogP contribution in [0.25, 0.3) is 0 Å². The van der Waals surface area contributed by atoms with Crippen molar-refractivity contribution in [1.82, 2.24) is 9.62 Å². The first-order valence-corrected chi connectivity index (χ1v) is 8.41. The van der Waals surface area contributed by atoms with Gasteiger partial charge in [-0.1, -0.05) is 18.2 Å². The van der Waals surface area contributed by atoms with Crippen molar-refractivity contribution in [1.29, 1.82) is 0 Å². The van der Waals surface area contributed by atoms with Crippen LogP contribution < -0.4 is 4.72 Å². The monoisotopic (exact) mass is 280 g/mol. The summed E-state index contributed by atoms with van der Waals surface area (Å²) in [6.45, 7) is 3.00. The van der Waals surface area contributed by atoms with Gasteiger partial charge in [-0.05, 0) is 43.9 Å². The molecular formula is C14H20N2O2S. The van der Waals surface area contributed by atoms with E-state index in [1.165, 1.54) is 12.8 Å². The van der Waals surface area contributed by atoms with Crippen molar-refractivity contribution in [2.75, 3.05) is 19.6 Å². The summed E-state index contributed by atoms with van der Waals surface area (Å²) in [6.07, 6.45) is 3.60. The van der Waals surface area contributed by atoms with Crippen molar-refractivity contribution in [3.05, 3.63) is 30.3 Å². The normalized spacial score (nSPS) is 24.7. The summed E-state index contributed by atoms with van der Waals surface area (Å²) >= 11 is 0. The SMILES string of the molecule is O=S(=O)(N[C@H]1CCN(CC2CC2)C1)c1ccccc1. The number of benzene rings is 1. The first-order chi connectivity index (χ1) is 9.13. The summed E-state index contributed by atoms with van der Waals surface area (Å²) < 4.78 is 27.2. The van der Waals surface area contributed by atoms with Gasteiger partial charge in [0.25, 0.3) is 0 Å². The summed E-state index contributed by atoms with van der Waals surface area (Å²) in [5.74, 6) is 0.865. The highest BCUT2D eigenvalue weighted by Gasteiger charge is 2.31. The summed E-state index contributed by atoms with van der Waals surface area (Å²) in [6, 6.07) is 8.67. The van der Waals surface area contributed by atoms with E-state index in [1.807, 2.05) is 6.07 Å². The molecule has 0 bridgehead atoms. The largest absolute Gasteiger partial charge is 0.301 e. The van der Waals surface area contributed by atoms with Crippen molar-refractivity contribution in [2.24, 2.45) is 5.92 Å². The lowest BCUT2D eigenvalue weighted by molar-refractivity contribution is 0.318. The molecule has 1 saturated heterocycles. The van der Waals surface area contributed by atoms with Crippen LogP contribution in [0.4, 0.5) is 0 Å². The quantitative estimate of drug-likeness (QED) is 0.888. The molecule has 1 aromatic carbocycles. The van der Waals surface area contributed by atoms with Gasteiger partial charge in [0.1, 0.15) is 0 Å². The molecule has 0 unspecified atom stereocenters. The molecule has 19 heavy (non-hydrogen) atoms. The van der Waals surface area contributed by atoms with Crippen LogP contribution in [-0.2, 0) is 10.0 Å². The van der Waals surface area contributed by atoms with E-state index < -0.39 is 10.0 Å². The Morgan fingerprint density at radius 3 is 2.58 bits per heavy atom. The smallest absolute Gasteiger partial charge is 0.240 e. The summed E-state index contributed by atoms with van der Waals surface area (Å²) in [5.41, 5.74) is 0. The molecule has 104 valence electrons. The fourth-order valence-electron chi connectivity index (χ4n) is 2.65. The molecule has 0 spiro atoms. The molecule has 3 rings (SSSR count). The van der Waals surface area contributed by atoms with E-state index >= 15 is 0 Å².